The molecule has 0 radical (unpaired) electrons. The molecular formula is C18H18N2O5. The Balaban J connectivity index is 1.88. The lowest BCUT2D eigenvalue weighted by Gasteiger charge is -2.22. The summed E-state index contributed by atoms with van der Waals surface area (Å²) in [5.41, 5.74) is 1.57. The normalized spacial score (nSPS) is 15.6. The van der Waals surface area contributed by atoms with Crippen LogP contribution in [0.5, 0.6) is 0 Å². The number of anilines is 1. The van der Waals surface area contributed by atoms with Crippen molar-refractivity contribution in [3.63, 3.8) is 0 Å². The molecule has 1 aromatic heterocycles. The van der Waals surface area contributed by atoms with Gasteiger partial charge in [0.05, 0.1) is 13.7 Å². The molecule has 0 fully saturated rings. The van der Waals surface area contributed by atoms with Crippen LogP contribution < -0.4 is 10.2 Å². The lowest BCUT2D eigenvalue weighted by atomic mass is 10.1. The van der Waals surface area contributed by atoms with Gasteiger partial charge in [0, 0.05) is 19.0 Å². The van der Waals surface area contributed by atoms with Crippen LogP contribution >= 0.6 is 0 Å². The van der Waals surface area contributed by atoms with Crippen LogP contribution in [0.15, 0.2) is 40.8 Å². The molecule has 0 aliphatic carbocycles. The molecular weight excluding hydrogens is 324 g/mol. The Morgan fingerprint density at radius 1 is 1.24 bits per heavy atom. The van der Waals surface area contributed by atoms with Crippen LogP contribution in [0.1, 0.15) is 28.8 Å². The second-order valence-electron chi connectivity index (χ2n) is 5.72. The summed E-state index contributed by atoms with van der Waals surface area (Å²) in [6, 6.07) is 9.77. The number of amides is 2. The van der Waals surface area contributed by atoms with Crippen molar-refractivity contribution in [2.24, 2.45) is 0 Å². The number of nitrogens with one attached hydrogen (secondary N) is 1. The first-order valence-electron chi connectivity index (χ1n) is 7.83. The van der Waals surface area contributed by atoms with E-state index in [-0.39, 0.29) is 18.2 Å². The average molecular weight is 342 g/mol. The fourth-order valence-corrected chi connectivity index (χ4v) is 2.88. The largest absolute Gasteiger partial charge is 0.467 e. The van der Waals surface area contributed by atoms with E-state index in [2.05, 4.69) is 5.32 Å². The zero-order chi connectivity index (χ0) is 18.0. The first kappa shape index (κ1) is 16.8. The average Bonchev–Trinajstić information content (AvgIpc) is 3.23. The Kier molecular flexibility index (Phi) is 4.56. The van der Waals surface area contributed by atoms with Crippen LogP contribution in [0.2, 0.25) is 0 Å². The second kappa shape index (κ2) is 6.80. The van der Waals surface area contributed by atoms with E-state index in [1.807, 2.05) is 18.2 Å². The third-order valence-corrected chi connectivity index (χ3v) is 4.05. The van der Waals surface area contributed by atoms with Crippen molar-refractivity contribution in [1.29, 1.82) is 0 Å². The van der Waals surface area contributed by atoms with Crippen molar-refractivity contribution in [1.82, 2.24) is 5.32 Å². The molecule has 1 N–H and O–H groups in total. The number of esters is 1. The van der Waals surface area contributed by atoms with Gasteiger partial charge in [0.2, 0.25) is 5.91 Å². The topological polar surface area (TPSA) is 88.9 Å². The highest BCUT2D eigenvalue weighted by Gasteiger charge is 2.40. The van der Waals surface area contributed by atoms with E-state index >= 15 is 0 Å². The lowest BCUT2D eigenvalue weighted by molar-refractivity contribution is -0.141. The monoisotopic (exact) mass is 342 g/mol. The molecule has 25 heavy (non-hydrogen) atoms. The van der Waals surface area contributed by atoms with Crippen molar-refractivity contribution in [3.05, 3.63) is 53.5 Å². The minimum absolute atomic E-state index is 0.103. The minimum Gasteiger partial charge on any atom is -0.467 e. The molecule has 1 atom stereocenters. The van der Waals surface area contributed by atoms with Gasteiger partial charge in [0.1, 0.15) is 11.8 Å². The van der Waals surface area contributed by atoms with Crippen LogP contribution in [-0.2, 0) is 27.3 Å². The van der Waals surface area contributed by atoms with E-state index in [0.717, 1.165) is 5.56 Å². The van der Waals surface area contributed by atoms with Crippen molar-refractivity contribution >= 4 is 23.5 Å². The van der Waals surface area contributed by atoms with Gasteiger partial charge in [-0.2, -0.15) is 0 Å². The highest BCUT2D eigenvalue weighted by molar-refractivity contribution is 6.09. The molecule has 2 aromatic rings. The molecule has 2 heterocycles. The summed E-state index contributed by atoms with van der Waals surface area (Å²) in [7, 11) is 1.30. The fraction of sp³-hybridized carbons (Fsp3) is 0.278. The Bertz CT molecular complexity index is 826. The number of carbonyl (C=O) groups is 3. The SMILES string of the molecule is COC(=O)[C@H]1Cc2ccccc2N1C(=O)c1ccc(CNC(C)=O)o1. The Morgan fingerprint density at radius 2 is 2.00 bits per heavy atom. The number of furan rings is 1. The second-order valence-corrected chi connectivity index (χ2v) is 5.72. The first-order valence-corrected chi connectivity index (χ1v) is 7.83. The predicted octanol–water partition coefficient (Wildman–Crippen LogP) is 1.66. The van der Waals surface area contributed by atoms with Gasteiger partial charge in [0.15, 0.2) is 5.76 Å². The highest BCUT2D eigenvalue weighted by atomic mass is 16.5. The molecule has 1 aliphatic heterocycles. The fourth-order valence-electron chi connectivity index (χ4n) is 2.88. The number of ether oxygens (including phenoxy) is 1. The standard InChI is InChI=1S/C18H18N2O5/c1-11(21)19-10-13-7-8-16(25-13)17(22)20-14-6-4-3-5-12(14)9-15(20)18(23)24-2/h3-8,15H,9-10H2,1-2H3,(H,19,21)/t15-/m1/s1. The van der Waals surface area contributed by atoms with Gasteiger partial charge in [-0.3, -0.25) is 14.5 Å². The zero-order valence-electron chi connectivity index (χ0n) is 13.9. The zero-order valence-corrected chi connectivity index (χ0v) is 13.9. The first-order chi connectivity index (χ1) is 12.0. The summed E-state index contributed by atoms with van der Waals surface area (Å²) < 4.78 is 10.4. The van der Waals surface area contributed by atoms with Gasteiger partial charge >= 0.3 is 5.97 Å². The smallest absolute Gasteiger partial charge is 0.329 e. The van der Waals surface area contributed by atoms with E-state index in [0.29, 0.717) is 17.9 Å². The maximum absolute atomic E-state index is 12.9. The molecule has 2 amide bonds. The Hall–Kier alpha value is -3.09. The van der Waals surface area contributed by atoms with Crippen molar-refractivity contribution in [2.45, 2.75) is 25.9 Å². The number of nitrogens with zero attached hydrogens (tertiary/aromatic N) is 1. The van der Waals surface area contributed by atoms with Crippen molar-refractivity contribution < 1.29 is 23.5 Å². The van der Waals surface area contributed by atoms with Crippen LogP contribution in [0.3, 0.4) is 0 Å². The molecule has 0 spiro atoms. The number of rotatable bonds is 4. The van der Waals surface area contributed by atoms with E-state index in [9.17, 15) is 14.4 Å². The Labute approximate surface area is 144 Å². The predicted molar refractivity (Wildman–Crippen MR) is 89.0 cm³/mol. The molecule has 0 bridgehead atoms. The quantitative estimate of drug-likeness (QED) is 0.854. The van der Waals surface area contributed by atoms with Gasteiger partial charge in [-0.05, 0) is 23.8 Å². The van der Waals surface area contributed by atoms with Crippen molar-refractivity contribution in [3.8, 4) is 0 Å². The highest BCUT2D eigenvalue weighted by Crippen LogP contribution is 2.34. The van der Waals surface area contributed by atoms with E-state index < -0.39 is 17.9 Å². The number of hydrogen-bond donors (Lipinski definition) is 1. The Morgan fingerprint density at radius 3 is 2.72 bits per heavy atom. The summed E-state index contributed by atoms with van der Waals surface area (Å²) >= 11 is 0. The van der Waals surface area contributed by atoms with Gasteiger partial charge in [-0.15, -0.1) is 0 Å². The molecule has 0 unspecified atom stereocenters. The minimum atomic E-state index is -0.723. The molecule has 1 aliphatic rings. The summed E-state index contributed by atoms with van der Waals surface area (Å²) in [5.74, 6) is -0.529. The maximum atomic E-state index is 12.9. The summed E-state index contributed by atoms with van der Waals surface area (Å²) in [6.07, 6.45) is 0.397. The van der Waals surface area contributed by atoms with Crippen molar-refractivity contribution in [2.75, 3.05) is 12.0 Å². The molecule has 0 saturated heterocycles. The molecule has 130 valence electrons. The molecule has 1 aromatic carbocycles. The van der Waals surface area contributed by atoms with E-state index in [1.54, 1.807) is 12.1 Å². The van der Waals surface area contributed by atoms with Gasteiger partial charge in [0.25, 0.3) is 5.91 Å². The third kappa shape index (κ3) is 3.26. The molecule has 0 saturated carbocycles. The summed E-state index contributed by atoms with van der Waals surface area (Å²) in [6.45, 7) is 1.59. The van der Waals surface area contributed by atoms with Crippen LogP contribution in [0.4, 0.5) is 5.69 Å². The third-order valence-electron chi connectivity index (χ3n) is 4.05. The number of para-hydroxylation sites is 1. The number of carbonyl (C=O) groups excluding carboxylic acids is 3. The van der Waals surface area contributed by atoms with Gasteiger partial charge in [-0.25, -0.2) is 4.79 Å². The lowest BCUT2D eigenvalue weighted by Crippen LogP contribution is -2.43. The summed E-state index contributed by atoms with van der Waals surface area (Å²) in [5, 5.41) is 2.60. The van der Waals surface area contributed by atoms with Crippen LogP contribution in [0.25, 0.3) is 0 Å². The molecule has 7 heteroatoms. The van der Waals surface area contributed by atoms with E-state index in [4.69, 9.17) is 9.15 Å². The molecule has 7 nitrogen and oxygen atoms in total. The van der Waals surface area contributed by atoms with Gasteiger partial charge in [-0.1, -0.05) is 18.2 Å². The van der Waals surface area contributed by atoms with Crippen LogP contribution in [0, 0.1) is 0 Å². The van der Waals surface area contributed by atoms with Crippen LogP contribution in [-0.4, -0.2) is 30.9 Å². The maximum Gasteiger partial charge on any atom is 0.329 e. The number of hydrogen-bond acceptors (Lipinski definition) is 5. The molecule has 3 rings (SSSR count). The number of benzene rings is 1. The number of fused-ring (bicyclic) bond motifs is 1. The van der Waals surface area contributed by atoms with Gasteiger partial charge < -0.3 is 14.5 Å². The number of methoxy groups -OCH3 is 1. The summed E-state index contributed by atoms with van der Waals surface area (Å²) in [4.78, 5) is 37.4. The van der Waals surface area contributed by atoms with E-state index in [1.165, 1.54) is 25.0 Å².